The number of nitrogens with zero attached hydrogens (tertiary/aromatic N) is 3. The summed E-state index contributed by atoms with van der Waals surface area (Å²) >= 11 is 1.79. The zero-order valence-electron chi connectivity index (χ0n) is 35.7. The molecule has 0 spiro atoms. The summed E-state index contributed by atoms with van der Waals surface area (Å²) < 4.78 is 9.02. The monoisotopic (exact) mass is 849 g/mol. The number of rotatable bonds is 6. The summed E-state index contributed by atoms with van der Waals surface area (Å²) in [6, 6.07) is 71.2. The van der Waals surface area contributed by atoms with Crippen molar-refractivity contribution in [2.45, 2.75) is 19.3 Å². The van der Waals surface area contributed by atoms with E-state index in [0.29, 0.717) is 17.5 Å². The number of hydrogen-bond acceptors (Lipinski definition) is 5. The van der Waals surface area contributed by atoms with Crippen molar-refractivity contribution in [1.29, 1.82) is 0 Å². The fraction of sp³-hybridized carbons (Fsp3) is 0.0500. The molecule has 0 fully saturated rings. The molecule has 4 nitrogen and oxygen atoms in total. The Balaban J connectivity index is 0.956. The SMILES string of the molecule is CC1(C)c2ccccc2-c2cccc(-c3ccc(-c4ccc5oc6cccc(-c7nc(-c8cccc(-c9ccccc9)c8)nc(-c8cccc9sc%10ccccc%10c89)n7)c6c5c4)cc3)c21. The summed E-state index contributed by atoms with van der Waals surface area (Å²) in [6.45, 7) is 4.70. The van der Waals surface area contributed by atoms with Crippen LogP contribution in [-0.2, 0) is 5.41 Å². The molecule has 306 valence electrons. The standard InChI is InChI=1S/C60H39N3OS/c1-60(2)49-24-8-6-18-43(49)44-21-11-20-42(56(44)60)38-30-28-37(29-31-38)40-32-33-50-48(35-40)54-46(22-12-25-51(54)64-50)58-61-57(41-17-10-16-39(34-41)36-14-4-3-5-15-36)62-59(63-58)47-23-13-27-53-55(47)45-19-7-9-26-52(45)65-53/h3-35H,1-2H3. The molecule has 0 unspecified atom stereocenters. The van der Waals surface area contributed by atoms with Gasteiger partial charge in [-0.05, 0) is 92.0 Å². The van der Waals surface area contributed by atoms with Crippen molar-refractivity contribution in [3.63, 3.8) is 0 Å². The zero-order chi connectivity index (χ0) is 43.2. The Morgan fingerprint density at radius 1 is 0.369 bits per heavy atom. The number of benzene rings is 9. The Morgan fingerprint density at radius 2 is 0.938 bits per heavy atom. The maximum Gasteiger partial charge on any atom is 0.164 e. The van der Waals surface area contributed by atoms with Crippen molar-refractivity contribution < 1.29 is 4.42 Å². The van der Waals surface area contributed by atoms with E-state index in [1.807, 2.05) is 18.2 Å². The van der Waals surface area contributed by atoms with Crippen LogP contribution >= 0.6 is 11.3 Å². The van der Waals surface area contributed by atoms with E-state index >= 15 is 0 Å². The smallest absolute Gasteiger partial charge is 0.164 e. The highest BCUT2D eigenvalue weighted by atomic mass is 32.1. The molecule has 13 rings (SSSR count). The first-order chi connectivity index (χ1) is 32.0. The summed E-state index contributed by atoms with van der Waals surface area (Å²) in [4.78, 5) is 15.9. The Kier molecular flexibility index (Phi) is 8.39. The second kappa shape index (κ2) is 14.5. The minimum absolute atomic E-state index is 0.0931. The highest BCUT2D eigenvalue weighted by Crippen LogP contribution is 2.52. The molecule has 12 aromatic rings. The van der Waals surface area contributed by atoms with Crippen molar-refractivity contribution in [2.24, 2.45) is 0 Å². The summed E-state index contributed by atoms with van der Waals surface area (Å²) in [6.07, 6.45) is 0. The van der Waals surface area contributed by atoms with E-state index in [0.717, 1.165) is 66.3 Å². The Hall–Kier alpha value is -7.99. The number of hydrogen-bond donors (Lipinski definition) is 0. The number of furan rings is 1. The van der Waals surface area contributed by atoms with Gasteiger partial charge in [0.15, 0.2) is 17.5 Å². The first kappa shape index (κ1) is 37.6. The van der Waals surface area contributed by atoms with Crippen LogP contribution < -0.4 is 0 Å². The van der Waals surface area contributed by atoms with Gasteiger partial charge in [-0.15, -0.1) is 11.3 Å². The summed E-state index contributed by atoms with van der Waals surface area (Å²) in [5.41, 5.74) is 16.7. The molecule has 1 aliphatic rings. The van der Waals surface area contributed by atoms with E-state index in [2.05, 4.69) is 196 Å². The molecule has 1 aliphatic carbocycles. The maximum atomic E-state index is 6.59. The molecule has 0 bridgehead atoms. The maximum absolute atomic E-state index is 6.59. The van der Waals surface area contributed by atoms with Crippen molar-refractivity contribution in [3.05, 3.63) is 211 Å². The molecule has 65 heavy (non-hydrogen) atoms. The van der Waals surface area contributed by atoms with Crippen LogP contribution in [0.1, 0.15) is 25.0 Å². The Morgan fingerprint density at radius 3 is 1.80 bits per heavy atom. The van der Waals surface area contributed by atoms with Crippen LogP contribution in [0.5, 0.6) is 0 Å². The molecule has 0 radical (unpaired) electrons. The fourth-order valence-corrected chi connectivity index (χ4v) is 11.4. The van der Waals surface area contributed by atoms with Crippen LogP contribution in [0.25, 0.3) is 121 Å². The number of thiophene rings is 1. The van der Waals surface area contributed by atoms with Gasteiger partial charge >= 0.3 is 0 Å². The second-order valence-electron chi connectivity index (χ2n) is 17.5. The lowest BCUT2D eigenvalue weighted by Gasteiger charge is -2.24. The van der Waals surface area contributed by atoms with Gasteiger partial charge < -0.3 is 4.42 Å². The van der Waals surface area contributed by atoms with Gasteiger partial charge in [-0.3, -0.25) is 0 Å². The average molecular weight is 850 g/mol. The third-order valence-corrected chi connectivity index (χ3v) is 14.5. The normalized spacial score (nSPS) is 12.9. The van der Waals surface area contributed by atoms with Crippen LogP contribution in [0.2, 0.25) is 0 Å². The molecule has 3 aromatic heterocycles. The van der Waals surface area contributed by atoms with Gasteiger partial charge in [0.2, 0.25) is 0 Å². The van der Waals surface area contributed by atoms with Crippen LogP contribution in [0.15, 0.2) is 205 Å². The fourth-order valence-electron chi connectivity index (χ4n) is 10.3. The van der Waals surface area contributed by atoms with Crippen LogP contribution in [0.3, 0.4) is 0 Å². The minimum atomic E-state index is -0.0931. The molecule has 0 atom stereocenters. The van der Waals surface area contributed by atoms with Crippen LogP contribution in [-0.4, -0.2) is 15.0 Å². The topological polar surface area (TPSA) is 51.8 Å². The van der Waals surface area contributed by atoms with Gasteiger partial charge in [-0.25, -0.2) is 15.0 Å². The average Bonchev–Trinajstić information content (AvgIpc) is 4.01. The Labute approximate surface area is 380 Å². The molecule has 0 saturated carbocycles. The van der Waals surface area contributed by atoms with Crippen molar-refractivity contribution in [1.82, 2.24) is 15.0 Å². The van der Waals surface area contributed by atoms with Gasteiger partial charge in [-0.1, -0.05) is 178 Å². The lowest BCUT2D eigenvalue weighted by atomic mass is 9.79. The quantitative estimate of drug-likeness (QED) is 0.167. The third-order valence-electron chi connectivity index (χ3n) is 13.4. The lowest BCUT2D eigenvalue weighted by molar-refractivity contribution is 0.662. The number of aromatic nitrogens is 3. The third kappa shape index (κ3) is 6.00. The molecular weight excluding hydrogens is 811 g/mol. The van der Waals surface area contributed by atoms with E-state index in [-0.39, 0.29) is 5.41 Å². The first-order valence-corrected chi connectivity index (χ1v) is 22.9. The largest absolute Gasteiger partial charge is 0.456 e. The van der Waals surface area contributed by atoms with Gasteiger partial charge in [0.25, 0.3) is 0 Å². The van der Waals surface area contributed by atoms with Crippen LogP contribution in [0.4, 0.5) is 0 Å². The minimum Gasteiger partial charge on any atom is -0.456 e. The van der Waals surface area contributed by atoms with E-state index in [1.165, 1.54) is 48.2 Å². The first-order valence-electron chi connectivity index (χ1n) is 22.1. The second-order valence-corrected chi connectivity index (χ2v) is 18.6. The Bertz CT molecular complexity index is 3860. The van der Waals surface area contributed by atoms with E-state index in [4.69, 9.17) is 19.4 Å². The molecule has 0 amide bonds. The highest BCUT2D eigenvalue weighted by Gasteiger charge is 2.37. The molecule has 3 heterocycles. The predicted molar refractivity (Wildman–Crippen MR) is 270 cm³/mol. The molecule has 0 N–H and O–H groups in total. The zero-order valence-corrected chi connectivity index (χ0v) is 36.5. The lowest BCUT2D eigenvalue weighted by Crippen LogP contribution is -2.16. The molecule has 5 heteroatoms. The van der Waals surface area contributed by atoms with E-state index < -0.39 is 0 Å². The molecule has 0 saturated heterocycles. The molecule has 9 aromatic carbocycles. The molecular formula is C60H39N3OS. The molecule has 0 aliphatic heterocycles. The van der Waals surface area contributed by atoms with Crippen molar-refractivity contribution in [3.8, 4) is 78.7 Å². The predicted octanol–water partition coefficient (Wildman–Crippen LogP) is 16.4. The highest BCUT2D eigenvalue weighted by molar-refractivity contribution is 7.25. The number of fused-ring (bicyclic) bond motifs is 9. The van der Waals surface area contributed by atoms with Gasteiger partial charge in [0.1, 0.15) is 11.2 Å². The van der Waals surface area contributed by atoms with Crippen LogP contribution in [0, 0.1) is 0 Å². The summed E-state index contributed by atoms with van der Waals surface area (Å²) in [7, 11) is 0. The van der Waals surface area contributed by atoms with Gasteiger partial charge in [-0.2, -0.15) is 0 Å². The summed E-state index contributed by atoms with van der Waals surface area (Å²) in [5.74, 6) is 1.84. The van der Waals surface area contributed by atoms with Gasteiger partial charge in [0, 0.05) is 53.1 Å². The van der Waals surface area contributed by atoms with E-state index in [9.17, 15) is 0 Å². The van der Waals surface area contributed by atoms with Gasteiger partial charge in [0.05, 0.1) is 0 Å². The van der Waals surface area contributed by atoms with Crippen molar-refractivity contribution in [2.75, 3.05) is 0 Å². The van der Waals surface area contributed by atoms with E-state index in [1.54, 1.807) is 11.3 Å². The van der Waals surface area contributed by atoms with Crippen molar-refractivity contribution >= 4 is 53.4 Å². The summed E-state index contributed by atoms with van der Waals surface area (Å²) in [5, 5.41) is 4.34.